The fourth-order valence-electron chi connectivity index (χ4n) is 4.54. The molecule has 0 saturated carbocycles. The van der Waals surface area contributed by atoms with Crippen molar-refractivity contribution in [1.29, 1.82) is 0 Å². The normalized spacial score (nSPS) is 14.3. The van der Waals surface area contributed by atoms with E-state index >= 15 is 0 Å². The Morgan fingerprint density at radius 1 is 1.09 bits per heavy atom. The molecule has 1 aliphatic rings. The Bertz CT molecular complexity index is 1230. The van der Waals surface area contributed by atoms with Gasteiger partial charge in [-0.25, -0.2) is 4.79 Å². The van der Waals surface area contributed by atoms with Crippen LogP contribution in [-0.4, -0.2) is 51.7 Å². The van der Waals surface area contributed by atoms with Crippen LogP contribution in [0.2, 0.25) is 0 Å². The van der Waals surface area contributed by atoms with Gasteiger partial charge in [0, 0.05) is 43.7 Å². The van der Waals surface area contributed by atoms with E-state index in [1.54, 1.807) is 23.7 Å². The number of nitrogens with one attached hydrogen (secondary N) is 1. The molecular weight excluding hydrogens is 420 g/mol. The first-order valence-electron chi connectivity index (χ1n) is 11.1. The Morgan fingerprint density at radius 3 is 2.42 bits per heavy atom. The Kier molecular flexibility index (Phi) is 6.35. The van der Waals surface area contributed by atoms with E-state index in [9.17, 15) is 19.5 Å². The molecule has 4 rings (SSSR count). The Balaban J connectivity index is 1.70. The number of piperidine rings is 1. The first-order valence-corrected chi connectivity index (χ1v) is 11.1. The molecule has 33 heavy (non-hydrogen) atoms. The number of fused-ring (bicyclic) bond motifs is 1. The Labute approximate surface area is 192 Å². The fourth-order valence-corrected chi connectivity index (χ4v) is 4.54. The second-order valence-corrected chi connectivity index (χ2v) is 8.30. The largest absolute Gasteiger partial charge is 0.465 e. The summed E-state index contributed by atoms with van der Waals surface area (Å²) in [5, 5.41) is 11.6. The van der Waals surface area contributed by atoms with E-state index in [2.05, 4.69) is 5.43 Å². The van der Waals surface area contributed by atoms with Crippen molar-refractivity contribution in [3.05, 3.63) is 76.1 Å². The molecule has 8 nitrogen and oxygen atoms in total. The first-order chi connectivity index (χ1) is 15.9. The van der Waals surface area contributed by atoms with Gasteiger partial charge in [-0.05, 0) is 61.6 Å². The third kappa shape index (κ3) is 4.55. The lowest BCUT2D eigenvalue weighted by Gasteiger charge is -2.31. The van der Waals surface area contributed by atoms with Crippen molar-refractivity contribution < 1.29 is 14.7 Å². The van der Waals surface area contributed by atoms with Crippen molar-refractivity contribution in [3.63, 3.8) is 0 Å². The van der Waals surface area contributed by atoms with Crippen molar-refractivity contribution in [1.82, 2.24) is 14.5 Å². The molecule has 1 aliphatic heterocycles. The van der Waals surface area contributed by atoms with Gasteiger partial charge in [-0.15, -0.1) is 0 Å². The van der Waals surface area contributed by atoms with Crippen molar-refractivity contribution in [3.8, 4) is 0 Å². The van der Waals surface area contributed by atoms with Crippen LogP contribution in [0.3, 0.4) is 0 Å². The topological polar surface area (TPSA) is 94.9 Å². The van der Waals surface area contributed by atoms with E-state index in [0.717, 1.165) is 22.2 Å². The number of rotatable bonds is 5. The van der Waals surface area contributed by atoms with E-state index < -0.39 is 6.09 Å². The van der Waals surface area contributed by atoms with Crippen LogP contribution in [0.1, 0.15) is 41.6 Å². The van der Waals surface area contributed by atoms with E-state index in [0.29, 0.717) is 38.0 Å². The number of nitrogens with zero attached hydrogens (tertiary/aromatic N) is 3. The van der Waals surface area contributed by atoms with E-state index in [-0.39, 0.29) is 17.4 Å². The SMILES string of the molecule is CCn1c(=O)cc(C2CCN(C(=O)O)CC2)c2cc(C(=O)N(C)Nc3ccccc3)ccc21. The summed E-state index contributed by atoms with van der Waals surface area (Å²) in [5.41, 5.74) is 5.99. The number of amides is 2. The minimum atomic E-state index is -0.915. The number of carbonyl (C=O) groups is 2. The number of para-hydroxylation sites is 1. The van der Waals surface area contributed by atoms with Crippen molar-refractivity contribution in [2.45, 2.75) is 32.2 Å². The van der Waals surface area contributed by atoms with Crippen LogP contribution >= 0.6 is 0 Å². The highest BCUT2D eigenvalue weighted by atomic mass is 16.4. The van der Waals surface area contributed by atoms with Crippen LogP contribution in [0.4, 0.5) is 10.5 Å². The second-order valence-electron chi connectivity index (χ2n) is 8.30. The summed E-state index contributed by atoms with van der Waals surface area (Å²) >= 11 is 0. The average Bonchev–Trinajstić information content (AvgIpc) is 2.83. The van der Waals surface area contributed by atoms with Gasteiger partial charge in [0.2, 0.25) is 0 Å². The van der Waals surface area contributed by atoms with Crippen LogP contribution < -0.4 is 11.0 Å². The van der Waals surface area contributed by atoms with Crippen molar-refractivity contribution >= 4 is 28.6 Å². The number of hydrazine groups is 1. The molecule has 0 atom stereocenters. The number of likely N-dealkylation sites (tertiary alicyclic amines) is 1. The molecule has 0 bridgehead atoms. The lowest BCUT2D eigenvalue weighted by atomic mass is 9.87. The van der Waals surface area contributed by atoms with Gasteiger partial charge in [0.05, 0.1) is 11.2 Å². The lowest BCUT2D eigenvalue weighted by molar-refractivity contribution is 0.0826. The number of carboxylic acid groups (broad SMARTS) is 1. The molecule has 2 amide bonds. The minimum Gasteiger partial charge on any atom is -0.465 e. The Hall–Kier alpha value is -3.81. The van der Waals surface area contributed by atoms with Gasteiger partial charge in [-0.3, -0.25) is 20.0 Å². The smallest absolute Gasteiger partial charge is 0.407 e. The van der Waals surface area contributed by atoms with E-state index in [4.69, 9.17) is 0 Å². The maximum Gasteiger partial charge on any atom is 0.407 e. The van der Waals surface area contributed by atoms with E-state index in [1.807, 2.05) is 49.4 Å². The number of carbonyl (C=O) groups excluding carboxylic acids is 1. The molecule has 8 heteroatoms. The molecule has 1 saturated heterocycles. The highest BCUT2D eigenvalue weighted by Crippen LogP contribution is 2.33. The second kappa shape index (κ2) is 9.36. The monoisotopic (exact) mass is 448 g/mol. The average molecular weight is 449 g/mol. The number of hydrogen-bond donors (Lipinski definition) is 2. The standard InChI is InChI=1S/C25H28N4O4/c1-3-29-22-10-9-18(24(31)27(2)26-19-7-5-4-6-8-19)15-21(22)20(16-23(29)30)17-11-13-28(14-12-17)25(32)33/h4-10,15-17,26H,3,11-14H2,1-2H3,(H,32,33). The predicted molar refractivity (Wildman–Crippen MR) is 128 cm³/mol. The maximum absolute atomic E-state index is 13.1. The van der Waals surface area contributed by atoms with Crippen molar-refractivity contribution in [2.24, 2.45) is 0 Å². The molecule has 0 spiro atoms. The summed E-state index contributed by atoms with van der Waals surface area (Å²) in [7, 11) is 1.68. The van der Waals surface area contributed by atoms with Crippen molar-refractivity contribution in [2.75, 3.05) is 25.6 Å². The van der Waals surface area contributed by atoms with Gasteiger partial charge in [-0.2, -0.15) is 0 Å². The number of anilines is 1. The van der Waals surface area contributed by atoms with Crippen LogP contribution in [0.15, 0.2) is 59.4 Å². The summed E-state index contributed by atoms with van der Waals surface area (Å²) in [6.45, 7) is 3.31. The number of pyridine rings is 1. The van der Waals surface area contributed by atoms with Gasteiger partial charge in [0.15, 0.2) is 0 Å². The zero-order valence-corrected chi connectivity index (χ0v) is 18.8. The van der Waals surface area contributed by atoms with Crippen LogP contribution in [0, 0.1) is 0 Å². The number of aryl methyl sites for hydroxylation is 1. The highest BCUT2D eigenvalue weighted by molar-refractivity contribution is 5.99. The third-order valence-electron chi connectivity index (χ3n) is 6.29. The summed E-state index contributed by atoms with van der Waals surface area (Å²) in [6, 6.07) is 16.5. The van der Waals surface area contributed by atoms with Gasteiger partial charge in [0.1, 0.15) is 0 Å². The summed E-state index contributed by atoms with van der Waals surface area (Å²) < 4.78 is 1.70. The van der Waals surface area contributed by atoms with Crippen LogP contribution in [0.25, 0.3) is 10.9 Å². The van der Waals surface area contributed by atoms with Gasteiger partial charge < -0.3 is 14.6 Å². The maximum atomic E-state index is 13.1. The zero-order valence-electron chi connectivity index (χ0n) is 18.8. The molecule has 172 valence electrons. The quantitative estimate of drug-likeness (QED) is 0.576. The predicted octanol–water partition coefficient (Wildman–Crippen LogP) is 3.98. The number of hydrogen-bond acceptors (Lipinski definition) is 4. The fraction of sp³-hybridized carbons (Fsp3) is 0.320. The summed E-state index contributed by atoms with van der Waals surface area (Å²) in [5.74, 6) is -0.130. The number of aromatic nitrogens is 1. The molecule has 2 N–H and O–H groups in total. The molecule has 0 unspecified atom stereocenters. The molecule has 2 heterocycles. The molecule has 3 aromatic rings. The van der Waals surface area contributed by atoms with Gasteiger partial charge >= 0.3 is 6.09 Å². The minimum absolute atomic E-state index is 0.0628. The Morgan fingerprint density at radius 2 is 1.79 bits per heavy atom. The number of benzene rings is 2. The first kappa shape index (κ1) is 22.4. The van der Waals surface area contributed by atoms with Gasteiger partial charge in [-0.1, -0.05) is 18.2 Å². The third-order valence-corrected chi connectivity index (χ3v) is 6.29. The molecule has 2 aromatic carbocycles. The lowest BCUT2D eigenvalue weighted by Crippen LogP contribution is -2.37. The summed E-state index contributed by atoms with van der Waals surface area (Å²) in [4.78, 5) is 38.6. The van der Waals surface area contributed by atoms with Crippen LogP contribution in [-0.2, 0) is 6.54 Å². The summed E-state index contributed by atoms with van der Waals surface area (Å²) in [6.07, 6.45) is 0.372. The van der Waals surface area contributed by atoms with E-state index in [1.165, 1.54) is 9.91 Å². The highest BCUT2D eigenvalue weighted by Gasteiger charge is 2.26. The molecular formula is C25H28N4O4. The molecule has 1 fully saturated rings. The molecule has 1 aromatic heterocycles. The zero-order chi connectivity index (χ0) is 23.5. The van der Waals surface area contributed by atoms with Crippen LogP contribution in [0.5, 0.6) is 0 Å². The molecule has 0 aliphatic carbocycles. The van der Waals surface area contributed by atoms with Gasteiger partial charge in [0.25, 0.3) is 11.5 Å². The molecule has 0 radical (unpaired) electrons.